The lowest BCUT2D eigenvalue weighted by atomic mass is 10.0. The van der Waals surface area contributed by atoms with E-state index in [9.17, 15) is 24.3 Å². The van der Waals surface area contributed by atoms with E-state index in [0.717, 1.165) is 91.6 Å². The van der Waals surface area contributed by atoms with Crippen LogP contribution in [0.2, 0.25) is 0 Å². The molecule has 16 nitrogen and oxygen atoms in total. The molecule has 0 spiro atoms. The summed E-state index contributed by atoms with van der Waals surface area (Å²) in [7, 11) is 1.29. The second-order valence-electron chi connectivity index (χ2n) is 18.2. The minimum absolute atomic E-state index is 0.125. The van der Waals surface area contributed by atoms with Crippen molar-refractivity contribution in [2.24, 2.45) is 11.8 Å². The number of carbonyl (C=O) groups is 4. The predicted molar refractivity (Wildman–Crippen MR) is 261 cm³/mol. The third-order valence-corrected chi connectivity index (χ3v) is 14.0. The second kappa shape index (κ2) is 19.1. The summed E-state index contributed by atoms with van der Waals surface area (Å²) in [5.41, 5.74) is 9.28. The number of hydrogen-bond acceptors (Lipinski definition) is 9. The van der Waals surface area contributed by atoms with Crippen molar-refractivity contribution < 1.29 is 29.0 Å². The Kier molecular flexibility index (Phi) is 12.9. The number of nitrogens with one attached hydrogen (secondary N) is 4. The monoisotopic (exact) mass is 936 g/mol. The lowest BCUT2D eigenvalue weighted by molar-refractivity contribution is -0.136. The van der Waals surface area contributed by atoms with Crippen LogP contribution >= 0.6 is 11.3 Å². The van der Waals surface area contributed by atoms with Crippen LogP contribution in [0.5, 0.6) is 0 Å². The highest BCUT2D eigenvalue weighted by atomic mass is 32.1. The van der Waals surface area contributed by atoms with Crippen LogP contribution in [0.1, 0.15) is 82.1 Å². The van der Waals surface area contributed by atoms with Crippen LogP contribution in [0, 0.1) is 18.8 Å². The van der Waals surface area contributed by atoms with Crippen molar-refractivity contribution in [2.45, 2.75) is 84.5 Å². The molecular weight excluding hydrogens is 881 g/mol. The van der Waals surface area contributed by atoms with E-state index < -0.39 is 24.3 Å². The third kappa shape index (κ3) is 9.09. The number of benzene rings is 3. The number of imidazole rings is 2. The predicted octanol–water partition coefficient (Wildman–Crippen LogP) is 9.51. The number of nitrogens with zero attached hydrogens (tertiary/aromatic N) is 6. The van der Waals surface area contributed by atoms with Gasteiger partial charge < -0.3 is 44.8 Å². The van der Waals surface area contributed by atoms with Crippen molar-refractivity contribution in [3.05, 3.63) is 108 Å². The largest absolute Gasteiger partial charge is 0.465 e. The number of aromatic nitrogens is 6. The van der Waals surface area contributed by atoms with E-state index in [-0.39, 0.29) is 35.7 Å². The van der Waals surface area contributed by atoms with Crippen molar-refractivity contribution in [1.82, 2.24) is 49.9 Å². The molecular formula is C51H56N10O6S. The Morgan fingerprint density at radius 1 is 0.691 bits per heavy atom. The first kappa shape index (κ1) is 45.9. The Balaban J connectivity index is 0.975. The first-order valence-electron chi connectivity index (χ1n) is 23.1. The van der Waals surface area contributed by atoms with Gasteiger partial charge in [0.05, 0.1) is 57.2 Å². The van der Waals surface area contributed by atoms with E-state index in [1.807, 2.05) is 51.9 Å². The van der Waals surface area contributed by atoms with E-state index in [2.05, 4.69) is 104 Å². The van der Waals surface area contributed by atoms with E-state index >= 15 is 0 Å². The smallest absolute Gasteiger partial charge is 0.407 e. The zero-order chi connectivity index (χ0) is 47.8. The Labute approximate surface area is 398 Å². The lowest BCUT2D eigenvalue weighted by Gasteiger charge is -2.29. The van der Waals surface area contributed by atoms with E-state index in [1.165, 1.54) is 7.11 Å². The van der Waals surface area contributed by atoms with Gasteiger partial charge in [0.1, 0.15) is 23.7 Å². The minimum atomic E-state index is -1.22. The maximum atomic E-state index is 13.7. The molecule has 4 atom stereocenters. The molecule has 0 unspecified atom stereocenters. The van der Waals surface area contributed by atoms with Crippen molar-refractivity contribution in [3.63, 3.8) is 0 Å². The standard InChI is InChI=1S/C51H56N10O6S/c1-28(2)44(57-50(64)65)48(62)59-23-7-9-41(59)46-52-26-37(55-46)31-11-15-33(16-12-31)39-20-21-40(61(39)35-19-22-43-36(25-35)54-30(5)68-43)34-17-13-32(14-18-34)38-27-53-47(56-38)42-10-8-24-60(42)49(63)45(29(3)4)58-51(66)67-6/h11-22,25-29,41-42,44-45,57H,7-10,23-24H2,1-6H3,(H,52,55)(H,53,56)(H,58,66)(H,64,65)/t41-,42-,44-,45-/m0/s1. The van der Waals surface area contributed by atoms with E-state index in [0.29, 0.717) is 24.7 Å². The fourth-order valence-electron chi connectivity index (χ4n) is 9.60. The summed E-state index contributed by atoms with van der Waals surface area (Å²) < 4.78 is 8.18. The molecule has 0 bridgehead atoms. The number of fused-ring (bicyclic) bond motifs is 1. The van der Waals surface area contributed by atoms with Gasteiger partial charge in [0, 0.05) is 42.3 Å². The molecule has 7 aromatic rings. The molecule has 5 N–H and O–H groups in total. The number of H-pyrrole nitrogens is 2. The van der Waals surface area contributed by atoms with Crippen LogP contribution in [-0.4, -0.2) is 101 Å². The molecule has 2 saturated heterocycles. The summed E-state index contributed by atoms with van der Waals surface area (Å²) in [5, 5.41) is 15.5. The van der Waals surface area contributed by atoms with Gasteiger partial charge in [-0.3, -0.25) is 9.59 Å². The van der Waals surface area contributed by atoms with E-state index in [4.69, 9.17) is 19.7 Å². The molecule has 2 fully saturated rings. The van der Waals surface area contributed by atoms with Gasteiger partial charge in [-0.15, -0.1) is 11.3 Å². The molecule has 0 saturated carbocycles. The molecule has 3 aromatic carbocycles. The van der Waals surface area contributed by atoms with Crippen LogP contribution < -0.4 is 10.6 Å². The number of methoxy groups -OCH3 is 1. The molecule has 4 aromatic heterocycles. The van der Waals surface area contributed by atoms with Gasteiger partial charge in [0.15, 0.2) is 0 Å². The number of likely N-dealkylation sites (tertiary alicyclic amines) is 2. The molecule has 2 aliphatic heterocycles. The third-order valence-electron chi connectivity index (χ3n) is 13.1. The average molecular weight is 937 g/mol. The molecule has 68 heavy (non-hydrogen) atoms. The fraction of sp³-hybridized carbons (Fsp3) is 0.353. The average Bonchev–Trinajstić information content (AvgIpc) is 4.20. The Hall–Kier alpha value is -7.27. The zero-order valence-electron chi connectivity index (χ0n) is 38.9. The summed E-state index contributed by atoms with van der Waals surface area (Å²) in [6.07, 6.45) is 5.01. The topological polar surface area (TPSA) is 203 Å². The number of amides is 4. The van der Waals surface area contributed by atoms with Crippen LogP contribution in [-0.2, 0) is 14.3 Å². The lowest BCUT2D eigenvalue weighted by Crippen LogP contribution is -2.51. The highest BCUT2D eigenvalue weighted by Gasteiger charge is 2.39. The van der Waals surface area contributed by atoms with Gasteiger partial charge in [0.25, 0.3) is 0 Å². The maximum Gasteiger partial charge on any atom is 0.407 e. The molecule has 352 valence electrons. The van der Waals surface area contributed by atoms with Gasteiger partial charge in [-0.25, -0.2) is 24.5 Å². The number of carboxylic acid groups (broad SMARTS) is 1. The van der Waals surface area contributed by atoms with Gasteiger partial charge in [-0.2, -0.15) is 0 Å². The van der Waals surface area contributed by atoms with Gasteiger partial charge in [-0.1, -0.05) is 76.2 Å². The number of carbonyl (C=O) groups excluding carboxylic acids is 3. The van der Waals surface area contributed by atoms with Gasteiger partial charge in [-0.05, 0) is 85.9 Å². The molecule has 4 amide bonds. The molecule has 2 aliphatic rings. The first-order valence-corrected chi connectivity index (χ1v) is 24.0. The van der Waals surface area contributed by atoms with Crippen molar-refractivity contribution in [3.8, 4) is 50.7 Å². The summed E-state index contributed by atoms with van der Waals surface area (Å²) in [5.74, 6) is 0.665. The van der Waals surface area contributed by atoms with Crippen LogP contribution in [0.3, 0.4) is 0 Å². The van der Waals surface area contributed by atoms with Gasteiger partial charge >= 0.3 is 12.2 Å². The number of aromatic amines is 2. The Morgan fingerprint density at radius 3 is 1.65 bits per heavy atom. The summed E-state index contributed by atoms with van der Waals surface area (Å²) in [6.45, 7) is 10.6. The molecule has 0 aliphatic carbocycles. The zero-order valence-corrected chi connectivity index (χ0v) is 39.8. The van der Waals surface area contributed by atoms with Crippen LogP contribution in [0.25, 0.3) is 60.9 Å². The SMILES string of the molecule is COC(=O)N[C@H](C(=O)N1CCC[C@H]1c1nc(-c2ccc(-c3ccc(-c4ccc(-c5c[nH]c([C@@H]6CCCN6C(=O)[C@@H](NC(=O)O)C(C)C)n5)cc4)n3-c3ccc4sc(C)nc4c3)cc2)c[nH]1)C(C)C. The Bertz CT molecular complexity index is 2970. The molecule has 6 heterocycles. The number of aryl methyl sites for hydroxylation is 1. The van der Waals surface area contributed by atoms with E-state index in [1.54, 1.807) is 16.2 Å². The van der Waals surface area contributed by atoms with Crippen LogP contribution in [0.4, 0.5) is 9.59 Å². The maximum absolute atomic E-state index is 13.7. The number of alkyl carbamates (subject to hydrolysis) is 1. The van der Waals surface area contributed by atoms with Crippen LogP contribution in [0.15, 0.2) is 91.3 Å². The normalized spacial score (nSPS) is 17.0. The number of rotatable bonds is 13. The molecule has 9 rings (SSSR count). The highest BCUT2D eigenvalue weighted by molar-refractivity contribution is 7.18. The van der Waals surface area contributed by atoms with Crippen molar-refractivity contribution in [1.29, 1.82) is 0 Å². The second-order valence-corrected chi connectivity index (χ2v) is 19.5. The minimum Gasteiger partial charge on any atom is -0.465 e. The number of thiazole rings is 1. The number of ether oxygens (including phenoxy) is 1. The molecule has 0 radical (unpaired) electrons. The number of hydrogen-bond donors (Lipinski definition) is 5. The molecule has 17 heteroatoms. The highest BCUT2D eigenvalue weighted by Crippen LogP contribution is 2.38. The summed E-state index contributed by atoms with van der Waals surface area (Å²) in [6, 6.07) is 25.2. The summed E-state index contributed by atoms with van der Waals surface area (Å²) >= 11 is 1.67. The van der Waals surface area contributed by atoms with Crippen molar-refractivity contribution >= 4 is 45.6 Å². The Morgan fingerprint density at radius 2 is 1.18 bits per heavy atom. The fourth-order valence-corrected chi connectivity index (χ4v) is 10.4. The quantitative estimate of drug-likeness (QED) is 0.0746. The summed E-state index contributed by atoms with van der Waals surface area (Å²) in [4.78, 5) is 75.9. The first-order chi connectivity index (χ1) is 32.8. The van der Waals surface area contributed by atoms with Crippen molar-refractivity contribution in [2.75, 3.05) is 20.2 Å². The van der Waals surface area contributed by atoms with Gasteiger partial charge in [0.2, 0.25) is 11.8 Å².